The van der Waals surface area contributed by atoms with Gasteiger partial charge in [-0.25, -0.2) is 4.39 Å². The maximum absolute atomic E-state index is 14.6. The first-order valence-electron chi connectivity index (χ1n) is 10.8. The summed E-state index contributed by atoms with van der Waals surface area (Å²) in [6.45, 7) is 1.99. The number of aromatic nitrogens is 3. The van der Waals surface area contributed by atoms with Crippen molar-refractivity contribution >= 4 is 34.0 Å². The summed E-state index contributed by atoms with van der Waals surface area (Å²) >= 11 is 2.70. The third kappa shape index (κ3) is 4.22. The summed E-state index contributed by atoms with van der Waals surface area (Å²) in [4.78, 5) is 13.9. The van der Waals surface area contributed by atoms with Crippen molar-refractivity contribution in [3.8, 4) is 23.1 Å². The highest BCUT2D eigenvalue weighted by molar-refractivity contribution is 7.99. The van der Waals surface area contributed by atoms with Crippen molar-refractivity contribution < 1.29 is 9.18 Å². The van der Waals surface area contributed by atoms with Gasteiger partial charge >= 0.3 is 0 Å². The lowest BCUT2D eigenvalue weighted by Crippen LogP contribution is -2.14. The second kappa shape index (κ2) is 9.41. The molecule has 0 spiro atoms. The molecular formula is C25H20FN5OS2. The monoisotopic (exact) mass is 489 g/mol. The number of aryl methyl sites for hydroxylation is 2. The van der Waals surface area contributed by atoms with Gasteiger partial charge in [0.25, 0.3) is 0 Å². The lowest BCUT2D eigenvalue weighted by atomic mass is 10.1. The molecule has 34 heavy (non-hydrogen) atoms. The molecule has 0 bridgehead atoms. The Morgan fingerprint density at radius 1 is 1.21 bits per heavy atom. The van der Waals surface area contributed by atoms with Crippen LogP contribution in [0.15, 0.2) is 53.7 Å². The second-order valence-corrected chi connectivity index (χ2v) is 10.0. The van der Waals surface area contributed by atoms with Crippen LogP contribution in [0.2, 0.25) is 0 Å². The Bertz CT molecular complexity index is 1420. The van der Waals surface area contributed by atoms with E-state index < -0.39 is 5.82 Å². The van der Waals surface area contributed by atoms with Crippen LogP contribution in [0.4, 0.5) is 9.39 Å². The highest BCUT2D eigenvalue weighted by atomic mass is 32.2. The van der Waals surface area contributed by atoms with E-state index in [0.29, 0.717) is 27.1 Å². The molecule has 0 atom stereocenters. The van der Waals surface area contributed by atoms with Gasteiger partial charge in [-0.05, 0) is 56.0 Å². The number of thioether (sulfide) groups is 1. The molecule has 5 rings (SSSR count). The topological polar surface area (TPSA) is 83.6 Å². The van der Waals surface area contributed by atoms with Gasteiger partial charge in [-0.3, -0.25) is 9.36 Å². The van der Waals surface area contributed by atoms with Crippen molar-refractivity contribution in [1.82, 2.24) is 14.8 Å². The molecule has 9 heteroatoms. The number of halogens is 1. The van der Waals surface area contributed by atoms with E-state index in [0.717, 1.165) is 36.1 Å². The van der Waals surface area contributed by atoms with Crippen LogP contribution in [0.25, 0.3) is 17.1 Å². The van der Waals surface area contributed by atoms with Gasteiger partial charge in [0.05, 0.1) is 16.9 Å². The van der Waals surface area contributed by atoms with Gasteiger partial charge in [0.15, 0.2) is 11.0 Å². The number of carbonyl (C=O) groups is 1. The van der Waals surface area contributed by atoms with Gasteiger partial charge in [-0.1, -0.05) is 41.6 Å². The van der Waals surface area contributed by atoms with Gasteiger partial charge in [-0.15, -0.1) is 21.5 Å². The molecule has 6 nitrogen and oxygen atoms in total. The minimum Gasteiger partial charge on any atom is -0.316 e. The summed E-state index contributed by atoms with van der Waals surface area (Å²) in [6, 6.07) is 16.4. The van der Waals surface area contributed by atoms with Crippen LogP contribution in [0.1, 0.15) is 28.0 Å². The van der Waals surface area contributed by atoms with E-state index in [1.165, 1.54) is 34.0 Å². The number of hydrogen-bond acceptors (Lipinski definition) is 6. The van der Waals surface area contributed by atoms with E-state index in [1.54, 1.807) is 22.8 Å². The number of hydrogen-bond donors (Lipinski definition) is 1. The molecule has 4 aromatic rings. The Kier molecular flexibility index (Phi) is 6.18. The maximum atomic E-state index is 14.6. The summed E-state index contributed by atoms with van der Waals surface area (Å²) < 4.78 is 16.3. The van der Waals surface area contributed by atoms with Crippen molar-refractivity contribution in [2.75, 3.05) is 11.1 Å². The quantitative estimate of drug-likeness (QED) is 0.360. The average molecular weight is 490 g/mol. The molecule has 0 fully saturated rings. The van der Waals surface area contributed by atoms with Gasteiger partial charge in [0.1, 0.15) is 16.9 Å². The van der Waals surface area contributed by atoms with E-state index in [-0.39, 0.29) is 11.7 Å². The van der Waals surface area contributed by atoms with Gasteiger partial charge < -0.3 is 5.32 Å². The van der Waals surface area contributed by atoms with Crippen LogP contribution >= 0.6 is 23.1 Å². The number of anilines is 1. The zero-order valence-electron chi connectivity index (χ0n) is 18.3. The van der Waals surface area contributed by atoms with Crippen molar-refractivity contribution in [3.05, 3.63) is 75.9 Å². The smallest absolute Gasteiger partial charge is 0.235 e. The summed E-state index contributed by atoms with van der Waals surface area (Å²) in [5, 5.41) is 22.1. The SMILES string of the molecule is Cc1ccc(-n2c(SCC(=O)Nc3sc4c(c3C#N)CCC4)nnc2-c2ccccc2F)cc1. The Labute approximate surface area is 204 Å². The molecule has 0 radical (unpaired) electrons. The molecule has 0 unspecified atom stereocenters. The van der Waals surface area contributed by atoms with Gasteiger partial charge in [0.2, 0.25) is 5.91 Å². The van der Waals surface area contributed by atoms with Crippen molar-refractivity contribution in [2.45, 2.75) is 31.3 Å². The zero-order chi connectivity index (χ0) is 23.7. The third-order valence-electron chi connectivity index (χ3n) is 5.66. The predicted molar refractivity (Wildman–Crippen MR) is 132 cm³/mol. The van der Waals surface area contributed by atoms with E-state index in [2.05, 4.69) is 21.6 Å². The molecule has 170 valence electrons. The van der Waals surface area contributed by atoms with Crippen molar-refractivity contribution in [2.24, 2.45) is 0 Å². The molecule has 0 saturated heterocycles. The number of rotatable bonds is 6. The number of amides is 1. The number of nitrogens with zero attached hydrogens (tertiary/aromatic N) is 4. The van der Waals surface area contributed by atoms with Gasteiger partial charge in [-0.2, -0.15) is 5.26 Å². The summed E-state index contributed by atoms with van der Waals surface area (Å²) in [5.74, 6) is -0.180. The second-order valence-electron chi connectivity index (χ2n) is 7.97. The first-order valence-corrected chi connectivity index (χ1v) is 12.6. The van der Waals surface area contributed by atoms with Crippen LogP contribution in [-0.4, -0.2) is 26.4 Å². The number of nitrogens with one attached hydrogen (secondary N) is 1. The molecule has 2 aromatic heterocycles. The molecule has 1 N–H and O–H groups in total. The molecule has 0 aliphatic heterocycles. The summed E-state index contributed by atoms with van der Waals surface area (Å²) in [5.41, 5.74) is 3.86. The fourth-order valence-electron chi connectivity index (χ4n) is 4.01. The molecule has 2 heterocycles. The molecule has 1 amide bonds. The lowest BCUT2D eigenvalue weighted by Gasteiger charge is -2.11. The van der Waals surface area contributed by atoms with E-state index >= 15 is 0 Å². The fraction of sp³-hybridized carbons (Fsp3) is 0.200. The Hall–Kier alpha value is -3.48. The Morgan fingerprint density at radius 3 is 2.76 bits per heavy atom. The molecule has 1 aliphatic carbocycles. The van der Waals surface area contributed by atoms with E-state index in [4.69, 9.17) is 0 Å². The highest BCUT2D eigenvalue weighted by Crippen LogP contribution is 2.38. The summed E-state index contributed by atoms with van der Waals surface area (Å²) in [7, 11) is 0. The molecule has 1 aliphatic rings. The number of carbonyl (C=O) groups excluding carboxylic acids is 1. The third-order valence-corrected chi connectivity index (χ3v) is 7.79. The van der Waals surface area contributed by atoms with Gasteiger partial charge in [0, 0.05) is 10.6 Å². The van der Waals surface area contributed by atoms with Crippen LogP contribution in [0, 0.1) is 24.1 Å². The number of benzene rings is 2. The Morgan fingerprint density at radius 2 is 2.00 bits per heavy atom. The molecule has 0 saturated carbocycles. The van der Waals surface area contributed by atoms with Crippen LogP contribution in [-0.2, 0) is 17.6 Å². The van der Waals surface area contributed by atoms with E-state index in [1.807, 2.05) is 31.2 Å². The summed E-state index contributed by atoms with van der Waals surface area (Å²) in [6.07, 6.45) is 2.90. The first kappa shape index (κ1) is 22.3. The number of nitriles is 1. The minimum atomic E-state index is -0.396. The maximum Gasteiger partial charge on any atom is 0.235 e. The fourth-order valence-corrected chi connectivity index (χ4v) is 6.02. The Balaban J connectivity index is 1.41. The predicted octanol–water partition coefficient (Wildman–Crippen LogP) is 5.53. The van der Waals surface area contributed by atoms with Crippen molar-refractivity contribution in [1.29, 1.82) is 5.26 Å². The average Bonchev–Trinajstić information content (AvgIpc) is 3.53. The largest absolute Gasteiger partial charge is 0.316 e. The van der Waals surface area contributed by atoms with Crippen LogP contribution in [0.5, 0.6) is 0 Å². The van der Waals surface area contributed by atoms with E-state index in [9.17, 15) is 14.4 Å². The standard InChI is InChI=1S/C25H20FN5OS2/c1-15-9-11-16(12-10-15)31-23(18-5-2-3-7-20(18)26)29-30-25(31)33-14-22(32)28-24-19(13-27)17-6-4-8-21(17)34-24/h2-3,5,7,9-12H,4,6,8,14H2,1H3,(H,28,32). The molecule has 2 aromatic carbocycles. The number of fused-ring (bicyclic) bond motifs is 1. The van der Waals surface area contributed by atoms with Crippen molar-refractivity contribution in [3.63, 3.8) is 0 Å². The zero-order valence-corrected chi connectivity index (χ0v) is 20.0. The lowest BCUT2D eigenvalue weighted by molar-refractivity contribution is -0.113. The van der Waals surface area contributed by atoms with Crippen LogP contribution < -0.4 is 5.32 Å². The number of thiophene rings is 1. The normalized spacial score (nSPS) is 12.4. The molecular weight excluding hydrogens is 469 g/mol. The first-order chi connectivity index (χ1) is 16.5. The van der Waals surface area contributed by atoms with Crippen LogP contribution in [0.3, 0.4) is 0 Å². The minimum absolute atomic E-state index is 0.0781. The highest BCUT2D eigenvalue weighted by Gasteiger charge is 2.24.